The number of aryl methyl sites for hydroxylation is 1. The number of anilines is 1. The normalized spacial score (nSPS) is 15.7. The van der Waals surface area contributed by atoms with Crippen LogP contribution < -0.4 is 4.90 Å². The Balaban J connectivity index is 2.42. The van der Waals surface area contributed by atoms with Crippen LogP contribution in [-0.2, 0) is 6.42 Å². The molecule has 0 fully saturated rings. The van der Waals surface area contributed by atoms with Gasteiger partial charge < -0.3 is 4.90 Å². The van der Waals surface area contributed by atoms with Gasteiger partial charge in [0.2, 0.25) is 0 Å². The second kappa shape index (κ2) is 3.84. The maximum absolute atomic E-state index is 10.6. The van der Waals surface area contributed by atoms with Crippen molar-refractivity contribution in [2.24, 2.45) is 0 Å². The molecular formula is C10H13N3O2. The molecule has 0 radical (unpaired) electrons. The van der Waals surface area contributed by atoms with E-state index in [1.807, 2.05) is 7.05 Å². The highest BCUT2D eigenvalue weighted by Gasteiger charge is 2.17. The van der Waals surface area contributed by atoms with Crippen LogP contribution in [0.5, 0.6) is 0 Å². The Morgan fingerprint density at radius 1 is 1.53 bits per heavy atom. The first-order valence-corrected chi connectivity index (χ1v) is 5.03. The molecule has 5 heteroatoms. The van der Waals surface area contributed by atoms with Gasteiger partial charge in [0.25, 0.3) is 5.69 Å². The minimum atomic E-state index is -0.391. The highest BCUT2D eigenvalue weighted by atomic mass is 16.6. The van der Waals surface area contributed by atoms with Crippen molar-refractivity contribution >= 4 is 11.5 Å². The number of nitro groups is 1. The summed E-state index contributed by atoms with van der Waals surface area (Å²) in [5.41, 5.74) is 1.08. The molecule has 0 saturated carbocycles. The van der Waals surface area contributed by atoms with Crippen LogP contribution in [0.15, 0.2) is 12.3 Å². The molecule has 15 heavy (non-hydrogen) atoms. The fraction of sp³-hybridized carbons (Fsp3) is 0.500. The average molecular weight is 207 g/mol. The van der Waals surface area contributed by atoms with Gasteiger partial charge in [0.05, 0.1) is 4.92 Å². The zero-order chi connectivity index (χ0) is 10.8. The van der Waals surface area contributed by atoms with Crippen molar-refractivity contribution in [1.82, 2.24) is 4.98 Å². The van der Waals surface area contributed by atoms with Crippen LogP contribution in [0, 0.1) is 10.1 Å². The van der Waals surface area contributed by atoms with Crippen LogP contribution in [0.2, 0.25) is 0 Å². The topological polar surface area (TPSA) is 59.3 Å². The van der Waals surface area contributed by atoms with Crippen molar-refractivity contribution in [3.63, 3.8) is 0 Å². The highest BCUT2D eigenvalue weighted by molar-refractivity contribution is 5.51. The van der Waals surface area contributed by atoms with E-state index in [1.54, 1.807) is 6.07 Å². The largest absolute Gasteiger partial charge is 0.359 e. The molecule has 80 valence electrons. The molecule has 1 aliphatic heterocycles. The fourth-order valence-corrected chi connectivity index (χ4v) is 1.89. The van der Waals surface area contributed by atoms with E-state index in [2.05, 4.69) is 9.88 Å². The molecule has 0 spiro atoms. The summed E-state index contributed by atoms with van der Waals surface area (Å²) in [7, 11) is 1.98. The summed E-state index contributed by atoms with van der Waals surface area (Å²) in [5, 5.41) is 10.6. The standard InChI is InChI=1S/C10H13N3O2/c1-12-5-3-2-4-8-6-9(13(14)15)7-11-10(8)12/h6-7H,2-5H2,1H3. The van der Waals surface area contributed by atoms with E-state index in [-0.39, 0.29) is 5.69 Å². The number of rotatable bonds is 1. The van der Waals surface area contributed by atoms with Crippen LogP contribution >= 0.6 is 0 Å². The maximum atomic E-state index is 10.6. The summed E-state index contributed by atoms with van der Waals surface area (Å²) in [6.07, 6.45) is 4.40. The van der Waals surface area contributed by atoms with Gasteiger partial charge in [-0.1, -0.05) is 0 Å². The molecule has 0 atom stereocenters. The van der Waals surface area contributed by atoms with E-state index in [1.165, 1.54) is 6.20 Å². The second-order valence-corrected chi connectivity index (χ2v) is 3.81. The SMILES string of the molecule is CN1CCCCc2cc([N+](=O)[O-])cnc21. The number of hydrogen-bond acceptors (Lipinski definition) is 4. The molecule has 2 heterocycles. The van der Waals surface area contributed by atoms with Crippen LogP contribution in [0.3, 0.4) is 0 Å². The van der Waals surface area contributed by atoms with Gasteiger partial charge in [0.1, 0.15) is 12.0 Å². The molecule has 5 nitrogen and oxygen atoms in total. The summed E-state index contributed by atoms with van der Waals surface area (Å²) in [5.74, 6) is 0.887. The Morgan fingerprint density at radius 3 is 3.07 bits per heavy atom. The van der Waals surface area contributed by atoms with Crippen LogP contribution in [0.1, 0.15) is 18.4 Å². The summed E-state index contributed by atoms with van der Waals surface area (Å²) in [4.78, 5) is 16.4. The quantitative estimate of drug-likeness (QED) is 0.520. The van der Waals surface area contributed by atoms with Crippen LogP contribution in [0.4, 0.5) is 11.5 Å². The molecule has 0 aliphatic carbocycles. The van der Waals surface area contributed by atoms with E-state index in [0.717, 1.165) is 37.2 Å². The van der Waals surface area contributed by atoms with E-state index in [4.69, 9.17) is 0 Å². The number of pyridine rings is 1. The molecule has 1 aromatic heterocycles. The molecule has 0 aromatic carbocycles. The van der Waals surface area contributed by atoms with E-state index >= 15 is 0 Å². The minimum absolute atomic E-state index is 0.0871. The van der Waals surface area contributed by atoms with Gasteiger partial charge in [0.15, 0.2) is 0 Å². The van der Waals surface area contributed by atoms with E-state index in [0.29, 0.717) is 0 Å². The van der Waals surface area contributed by atoms with Gasteiger partial charge in [-0.3, -0.25) is 10.1 Å². The number of hydrogen-bond donors (Lipinski definition) is 0. The molecule has 0 bridgehead atoms. The first-order chi connectivity index (χ1) is 7.18. The third-order valence-electron chi connectivity index (χ3n) is 2.69. The van der Waals surface area contributed by atoms with Gasteiger partial charge in [-0.25, -0.2) is 4.98 Å². The number of fused-ring (bicyclic) bond motifs is 1. The average Bonchev–Trinajstić information content (AvgIpc) is 2.40. The Morgan fingerprint density at radius 2 is 2.33 bits per heavy atom. The van der Waals surface area contributed by atoms with Gasteiger partial charge in [-0.2, -0.15) is 0 Å². The lowest BCUT2D eigenvalue weighted by atomic mass is 10.1. The Kier molecular flexibility index (Phi) is 2.53. The fourth-order valence-electron chi connectivity index (χ4n) is 1.89. The smallest absolute Gasteiger partial charge is 0.288 e. The second-order valence-electron chi connectivity index (χ2n) is 3.81. The maximum Gasteiger partial charge on any atom is 0.288 e. The van der Waals surface area contributed by atoms with Gasteiger partial charge in [0, 0.05) is 25.2 Å². The summed E-state index contributed by atoms with van der Waals surface area (Å²) < 4.78 is 0. The predicted octanol–water partition coefficient (Wildman–Crippen LogP) is 1.76. The lowest BCUT2D eigenvalue weighted by molar-refractivity contribution is -0.385. The van der Waals surface area contributed by atoms with Crippen molar-refractivity contribution in [1.29, 1.82) is 0 Å². The van der Waals surface area contributed by atoms with Gasteiger partial charge >= 0.3 is 0 Å². The summed E-state index contributed by atoms with van der Waals surface area (Å²) in [6, 6.07) is 1.64. The van der Waals surface area contributed by atoms with Crippen LogP contribution in [0.25, 0.3) is 0 Å². The Hall–Kier alpha value is -1.65. The first-order valence-electron chi connectivity index (χ1n) is 5.03. The molecule has 0 N–H and O–H groups in total. The monoisotopic (exact) mass is 207 g/mol. The van der Waals surface area contributed by atoms with E-state index in [9.17, 15) is 10.1 Å². The first kappa shape index (κ1) is 9.89. The third kappa shape index (κ3) is 1.91. The lowest BCUT2D eigenvalue weighted by Gasteiger charge is -2.16. The molecule has 0 unspecified atom stereocenters. The molecule has 1 aromatic rings. The zero-order valence-corrected chi connectivity index (χ0v) is 8.64. The lowest BCUT2D eigenvalue weighted by Crippen LogP contribution is -2.19. The molecule has 0 saturated heterocycles. The molecular weight excluding hydrogens is 194 g/mol. The van der Waals surface area contributed by atoms with Crippen molar-refractivity contribution in [2.75, 3.05) is 18.5 Å². The van der Waals surface area contributed by atoms with Crippen molar-refractivity contribution < 1.29 is 4.92 Å². The van der Waals surface area contributed by atoms with Gasteiger partial charge in [-0.05, 0) is 19.3 Å². The number of aromatic nitrogens is 1. The molecule has 1 aliphatic rings. The number of nitrogens with zero attached hydrogens (tertiary/aromatic N) is 3. The third-order valence-corrected chi connectivity index (χ3v) is 2.69. The Labute approximate surface area is 87.9 Å². The van der Waals surface area contributed by atoms with Crippen molar-refractivity contribution in [3.8, 4) is 0 Å². The Bertz CT molecular complexity index is 392. The highest BCUT2D eigenvalue weighted by Crippen LogP contribution is 2.25. The van der Waals surface area contributed by atoms with E-state index < -0.39 is 4.92 Å². The predicted molar refractivity (Wildman–Crippen MR) is 57.1 cm³/mol. The summed E-state index contributed by atoms with van der Waals surface area (Å²) >= 11 is 0. The zero-order valence-electron chi connectivity index (χ0n) is 8.64. The van der Waals surface area contributed by atoms with Crippen molar-refractivity contribution in [3.05, 3.63) is 27.9 Å². The van der Waals surface area contributed by atoms with Crippen LogP contribution in [-0.4, -0.2) is 23.5 Å². The molecule has 0 amide bonds. The van der Waals surface area contributed by atoms with Crippen molar-refractivity contribution in [2.45, 2.75) is 19.3 Å². The summed E-state index contributed by atoms with van der Waals surface area (Å²) in [6.45, 7) is 0.970. The molecule has 2 rings (SSSR count). The minimum Gasteiger partial charge on any atom is -0.359 e. The van der Waals surface area contributed by atoms with Gasteiger partial charge in [-0.15, -0.1) is 0 Å².